The van der Waals surface area contributed by atoms with E-state index in [4.69, 9.17) is 11.6 Å². The van der Waals surface area contributed by atoms with Crippen molar-refractivity contribution in [1.29, 1.82) is 0 Å². The highest BCUT2D eigenvalue weighted by Gasteiger charge is 2.33. The van der Waals surface area contributed by atoms with Gasteiger partial charge in [0.15, 0.2) is 0 Å². The summed E-state index contributed by atoms with van der Waals surface area (Å²) in [4.78, 5) is 12.7. The van der Waals surface area contributed by atoms with Crippen LogP contribution in [0, 0.1) is 9.49 Å². The van der Waals surface area contributed by atoms with Crippen molar-refractivity contribution in [2.75, 3.05) is 18.4 Å². The maximum absolute atomic E-state index is 12.8. The van der Waals surface area contributed by atoms with Gasteiger partial charge in [-0.15, -0.1) is 0 Å². The van der Waals surface area contributed by atoms with Crippen LogP contribution in [0.4, 0.5) is 5.69 Å². The third-order valence-electron chi connectivity index (χ3n) is 4.32. The van der Waals surface area contributed by atoms with Crippen LogP contribution in [0.1, 0.15) is 12.8 Å². The number of nitrogens with zero attached hydrogens (tertiary/aromatic N) is 1. The van der Waals surface area contributed by atoms with E-state index >= 15 is 0 Å². The van der Waals surface area contributed by atoms with Crippen LogP contribution < -0.4 is 5.32 Å². The van der Waals surface area contributed by atoms with Gasteiger partial charge in [0, 0.05) is 27.4 Å². The Hall–Kier alpha value is -1.16. The second kappa shape index (κ2) is 8.24. The molecule has 138 valence electrons. The van der Waals surface area contributed by atoms with E-state index in [0.29, 0.717) is 30.1 Å². The lowest BCUT2D eigenvalue weighted by Crippen LogP contribution is -2.43. The van der Waals surface area contributed by atoms with Gasteiger partial charge in [0.2, 0.25) is 15.9 Å². The molecule has 1 aliphatic rings. The summed E-state index contributed by atoms with van der Waals surface area (Å²) in [6, 6.07) is 13.6. The van der Waals surface area contributed by atoms with E-state index in [2.05, 4.69) is 27.9 Å². The quantitative estimate of drug-likeness (QED) is 0.641. The van der Waals surface area contributed by atoms with Crippen LogP contribution in [0.5, 0.6) is 0 Å². The Balaban J connectivity index is 1.71. The first-order chi connectivity index (χ1) is 12.4. The fourth-order valence-corrected chi connectivity index (χ4v) is 4.92. The molecule has 0 bridgehead atoms. The molecule has 2 aromatic carbocycles. The molecule has 5 nitrogen and oxygen atoms in total. The number of hydrogen-bond donors (Lipinski definition) is 1. The van der Waals surface area contributed by atoms with Gasteiger partial charge in [-0.05, 0) is 84.0 Å². The predicted molar refractivity (Wildman–Crippen MR) is 111 cm³/mol. The minimum absolute atomic E-state index is 0.151. The molecule has 1 heterocycles. The maximum atomic E-state index is 12.8. The molecular formula is C18H18ClIN2O3S. The van der Waals surface area contributed by atoms with E-state index in [1.807, 2.05) is 24.3 Å². The summed E-state index contributed by atoms with van der Waals surface area (Å²) in [5.41, 5.74) is 0.716. The number of sulfonamides is 1. The first-order valence-corrected chi connectivity index (χ1v) is 11.1. The normalized spacial score (nSPS) is 18.5. The zero-order chi connectivity index (χ0) is 18.7. The molecule has 8 heteroatoms. The van der Waals surface area contributed by atoms with E-state index in [0.717, 1.165) is 3.57 Å². The lowest BCUT2D eigenvalue weighted by molar-refractivity contribution is -0.120. The van der Waals surface area contributed by atoms with E-state index in [-0.39, 0.29) is 23.3 Å². The molecule has 0 saturated carbocycles. The van der Waals surface area contributed by atoms with Gasteiger partial charge < -0.3 is 5.32 Å². The molecule has 0 aliphatic carbocycles. The number of carbonyl (C=O) groups excluding carboxylic acids is 1. The number of amides is 1. The highest BCUT2D eigenvalue weighted by atomic mass is 127. The number of benzene rings is 2. The molecule has 3 rings (SSSR count). The van der Waals surface area contributed by atoms with E-state index in [1.54, 1.807) is 12.1 Å². The molecule has 1 saturated heterocycles. The van der Waals surface area contributed by atoms with Gasteiger partial charge in [-0.2, -0.15) is 4.31 Å². The largest absolute Gasteiger partial charge is 0.326 e. The fourth-order valence-electron chi connectivity index (χ4n) is 2.91. The van der Waals surface area contributed by atoms with Crippen LogP contribution in [-0.2, 0) is 14.8 Å². The molecule has 0 aromatic heterocycles. The van der Waals surface area contributed by atoms with Gasteiger partial charge in [0.1, 0.15) is 0 Å². The van der Waals surface area contributed by atoms with Crippen molar-refractivity contribution >= 4 is 55.8 Å². The number of carbonyl (C=O) groups is 1. The van der Waals surface area contributed by atoms with Gasteiger partial charge >= 0.3 is 0 Å². The molecule has 26 heavy (non-hydrogen) atoms. The minimum Gasteiger partial charge on any atom is -0.326 e. The number of halogens is 2. The zero-order valence-corrected chi connectivity index (χ0v) is 17.6. The lowest BCUT2D eigenvalue weighted by atomic mass is 9.99. The summed E-state index contributed by atoms with van der Waals surface area (Å²) in [6.45, 7) is 0.597. The van der Waals surface area contributed by atoms with Crippen LogP contribution in [0.15, 0.2) is 53.4 Å². The zero-order valence-electron chi connectivity index (χ0n) is 13.9. The summed E-state index contributed by atoms with van der Waals surface area (Å²) in [7, 11) is -3.63. The first kappa shape index (κ1) is 19.6. The lowest BCUT2D eigenvalue weighted by Gasteiger charge is -2.31. The van der Waals surface area contributed by atoms with Gasteiger partial charge in [-0.1, -0.05) is 11.6 Å². The second-order valence-electron chi connectivity index (χ2n) is 6.15. The Morgan fingerprint density at radius 2 is 1.77 bits per heavy atom. The van der Waals surface area contributed by atoms with Gasteiger partial charge in [0.05, 0.1) is 10.8 Å². The summed E-state index contributed by atoms with van der Waals surface area (Å²) in [5.74, 6) is -0.521. The van der Waals surface area contributed by atoms with Crippen molar-refractivity contribution in [3.63, 3.8) is 0 Å². The van der Waals surface area contributed by atoms with Crippen LogP contribution in [0.2, 0.25) is 5.02 Å². The van der Waals surface area contributed by atoms with E-state index < -0.39 is 10.0 Å². The van der Waals surface area contributed by atoms with Crippen molar-refractivity contribution in [2.45, 2.75) is 17.7 Å². The Bertz CT molecular complexity index is 886. The molecule has 1 atom stereocenters. The first-order valence-electron chi connectivity index (χ1n) is 8.18. The molecule has 2 aromatic rings. The van der Waals surface area contributed by atoms with Crippen molar-refractivity contribution in [1.82, 2.24) is 4.31 Å². The third-order valence-corrected chi connectivity index (χ3v) is 7.17. The van der Waals surface area contributed by atoms with Crippen molar-refractivity contribution < 1.29 is 13.2 Å². The van der Waals surface area contributed by atoms with Gasteiger partial charge in [0.25, 0.3) is 0 Å². The number of piperidine rings is 1. The number of nitrogens with one attached hydrogen (secondary N) is 1. The summed E-state index contributed by atoms with van der Waals surface area (Å²) < 4.78 is 28.1. The second-order valence-corrected chi connectivity index (χ2v) is 9.77. The Morgan fingerprint density at radius 1 is 1.12 bits per heavy atom. The highest BCUT2D eigenvalue weighted by molar-refractivity contribution is 14.1. The van der Waals surface area contributed by atoms with Crippen molar-refractivity contribution in [3.8, 4) is 0 Å². The van der Waals surface area contributed by atoms with E-state index in [1.165, 1.54) is 16.4 Å². The molecule has 1 fully saturated rings. The number of hydrogen-bond acceptors (Lipinski definition) is 3. The van der Waals surface area contributed by atoms with Crippen LogP contribution in [-0.4, -0.2) is 31.7 Å². The fraction of sp³-hybridized carbons (Fsp3) is 0.278. The highest BCUT2D eigenvalue weighted by Crippen LogP contribution is 2.25. The molecule has 1 aliphatic heterocycles. The molecule has 0 unspecified atom stereocenters. The van der Waals surface area contributed by atoms with E-state index in [9.17, 15) is 13.2 Å². The average Bonchev–Trinajstić information content (AvgIpc) is 2.64. The van der Waals surface area contributed by atoms with Crippen LogP contribution in [0.3, 0.4) is 0 Å². The smallest absolute Gasteiger partial charge is 0.243 e. The van der Waals surface area contributed by atoms with Gasteiger partial charge in [-0.25, -0.2) is 8.42 Å². The monoisotopic (exact) mass is 504 g/mol. The summed E-state index contributed by atoms with van der Waals surface area (Å²) in [5, 5.41) is 3.36. The molecule has 1 N–H and O–H groups in total. The summed E-state index contributed by atoms with van der Waals surface area (Å²) in [6.07, 6.45) is 1.32. The third kappa shape index (κ3) is 4.57. The number of rotatable bonds is 4. The summed E-state index contributed by atoms with van der Waals surface area (Å²) >= 11 is 8.04. The molecule has 0 radical (unpaired) electrons. The average molecular weight is 505 g/mol. The standard InChI is InChI=1S/C18H18ClIN2O3S/c19-14-3-9-17(10-4-14)26(24,25)22-11-1-2-13(12-22)18(23)21-16-7-5-15(20)6-8-16/h3-10,13H,1-2,11-12H2,(H,21,23)/t13-/m1/s1. The SMILES string of the molecule is O=C(Nc1ccc(I)cc1)[C@@H]1CCCN(S(=O)(=O)c2ccc(Cl)cc2)C1. The van der Waals surface area contributed by atoms with Crippen molar-refractivity contribution in [2.24, 2.45) is 5.92 Å². The van der Waals surface area contributed by atoms with Crippen LogP contribution in [0.25, 0.3) is 0 Å². The minimum atomic E-state index is -3.63. The molecule has 0 spiro atoms. The Kier molecular flexibility index (Phi) is 6.21. The van der Waals surface area contributed by atoms with Gasteiger partial charge in [-0.3, -0.25) is 4.79 Å². The topological polar surface area (TPSA) is 66.5 Å². The maximum Gasteiger partial charge on any atom is 0.243 e. The molecule has 1 amide bonds. The number of anilines is 1. The molecular weight excluding hydrogens is 487 g/mol. The van der Waals surface area contributed by atoms with Crippen molar-refractivity contribution in [3.05, 3.63) is 57.1 Å². The Morgan fingerprint density at radius 3 is 2.42 bits per heavy atom. The Labute approximate surface area is 171 Å². The predicted octanol–water partition coefficient (Wildman–Crippen LogP) is 3.98. The van der Waals surface area contributed by atoms with Crippen LogP contribution >= 0.6 is 34.2 Å².